The lowest BCUT2D eigenvalue weighted by atomic mass is 10.0. The second kappa shape index (κ2) is 7.13. The van der Waals surface area contributed by atoms with Crippen molar-refractivity contribution in [1.82, 2.24) is 20.2 Å². The third-order valence-corrected chi connectivity index (χ3v) is 6.31. The second-order valence-corrected chi connectivity index (χ2v) is 8.21. The van der Waals surface area contributed by atoms with E-state index >= 15 is 0 Å². The molecule has 1 saturated heterocycles. The smallest absolute Gasteiger partial charge is 0.153 e. The van der Waals surface area contributed by atoms with Crippen molar-refractivity contribution >= 4 is 33.4 Å². The average molecular weight is 419 g/mol. The molecule has 1 aliphatic heterocycles. The minimum absolute atomic E-state index is 0.490. The van der Waals surface area contributed by atoms with Crippen molar-refractivity contribution < 1.29 is 0 Å². The first-order valence-corrected chi connectivity index (χ1v) is 10.7. The molecule has 0 atom stereocenters. The maximum Gasteiger partial charge on any atom is 0.153 e. The molecule has 0 saturated carbocycles. The van der Waals surface area contributed by atoms with Crippen molar-refractivity contribution in [3.8, 4) is 28.5 Å². The minimum Gasteiger partial charge on any atom is -0.382 e. The number of nitriles is 1. The van der Waals surface area contributed by atoms with E-state index in [-0.39, 0.29) is 0 Å². The molecule has 0 spiro atoms. The first-order chi connectivity index (χ1) is 15.7. The highest BCUT2D eigenvalue weighted by Gasteiger charge is 2.17. The van der Waals surface area contributed by atoms with Crippen molar-refractivity contribution in [1.29, 1.82) is 5.26 Å². The number of nitrogens with two attached hydrogens (primary N) is 1. The summed E-state index contributed by atoms with van der Waals surface area (Å²) in [4.78, 5) is 10.3. The molecule has 32 heavy (non-hydrogen) atoms. The molecule has 0 radical (unpaired) electrons. The normalized spacial score (nSPS) is 13.8. The van der Waals surface area contributed by atoms with Crippen LogP contribution in [0.3, 0.4) is 0 Å². The maximum atomic E-state index is 9.76. The Labute approximate surface area is 184 Å². The van der Waals surface area contributed by atoms with Crippen LogP contribution in [0.15, 0.2) is 54.7 Å². The average Bonchev–Trinajstić information content (AvgIpc) is 3.58. The van der Waals surface area contributed by atoms with Gasteiger partial charge in [-0.15, -0.1) is 0 Å². The van der Waals surface area contributed by atoms with Crippen LogP contribution in [0.25, 0.3) is 44.3 Å². The maximum absolute atomic E-state index is 9.76. The van der Waals surface area contributed by atoms with Gasteiger partial charge in [0.15, 0.2) is 5.82 Å². The number of rotatable bonds is 3. The fourth-order valence-corrected chi connectivity index (χ4v) is 4.66. The SMILES string of the molecule is N#Cc1cc(-c2cc3c(-c4ccc5[nH]nc(N)c5c4)ccnc3[nH]2)ccc1N1CCCC1. The van der Waals surface area contributed by atoms with Crippen LogP contribution in [0.5, 0.6) is 0 Å². The Morgan fingerprint density at radius 1 is 0.969 bits per heavy atom. The number of fused-ring (bicyclic) bond motifs is 2. The Bertz CT molecular complexity index is 1510. The Balaban J connectivity index is 1.45. The van der Waals surface area contributed by atoms with Crippen LogP contribution >= 0.6 is 0 Å². The summed E-state index contributed by atoms with van der Waals surface area (Å²) in [5, 5.41) is 18.7. The summed E-state index contributed by atoms with van der Waals surface area (Å²) in [6.45, 7) is 2.03. The van der Waals surface area contributed by atoms with Gasteiger partial charge in [-0.1, -0.05) is 12.1 Å². The van der Waals surface area contributed by atoms with E-state index in [1.807, 2.05) is 24.3 Å². The molecule has 1 aliphatic rings. The topological polar surface area (TPSA) is 110 Å². The minimum atomic E-state index is 0.490. The van der Waals surface area contributed by atoms with Crippen LogP contribution in [0.4, 0.5) is 11.5 Å². The molecule has 1 fully saturated rings. The zero-order chi connectivity index (χ0) is 21.7. The molecule has 3 aromatic heterocycles. The molecule has 0 aliphatic carbocycles. The van der Waals surface area contributed by atoms with E-state index in [2.05, 4.69) is 55.4 Å². The molecule has 156 valence electrons. The summed E-state index contributed by atoms with van der Waals surface area (Å²) in [6.07, 6.45) is 4.16. The van der Waals surface area contributed by atoms with Crippen LogP contribution in [0, 0.1) is 11.3 Å². The van der Waals surface area contributed by atoms with E-state index in [1.54, 1.807) is 6.20 Å². The van der Waals surface area contributed by atoms with Gasteiger partial charge in [-0.25, -0.2) is 4.98 Å². The number of nitrogen functional groups attached to an aromatic ring is 1. The molecule has 0 unspecified atom stereocenters. The van der Waals surface area contributed by atoms with Crippen molar-refractivity contribution in [2.24, 2.45) is 0 Å². The molecule has 2 aromatic carbocycles. The molecular weight excluding hydrogens is 398 g/mol. The highest BCUT2D eigenvalue weighted by atomic mass is 15.2. The van der Waals surface area contributed by atoms with Gasteiger partial charge in [-0.05, 0) is 65.9 Å². The molecule has 0 bridgehead atoms. The molecule has 0 amide bonds. The van der Waals surface area contributed by atoms with Crippen molar-refractivity contribution in [2.75, 3.05) is 23.7 Å². The monoisotopic (exact) mass is 419 g/mol. The largest absolute Gasteiger partial charge is 0.382 e. The Morgan fingerprint density at radius 2 is 1.81 bits per heavy atom. The van der Waals surface area contributed by atoms with Crippen LogP contribution in [-0.4, -0.2) is 33.3 Å². The summed E-state index contributed by atoms with van der Waals surface area (Å²) in [5.74, 6) is 0.490. The lowest BCUT2D eigenvalue weighted by Gasteiger charge is -2.19. The van der Waals surface area contributed by atoms with Gasteiger partial charge in [0.25, 0.3) is 0 Å². The quantitative estimate of drug-likeness (QED) is 0.388. The summed E-state index contributed by atoms with van der Waals surface area (Å²) in [6, 6.07) is 18.7. The summed E-state index contributed by atoms with van der Waals surface area (Å²) >= 11 is 0. The molecule has 5 aromatic rings. The highest BCUT2D eigenvalue weighted by Crippen LogP contribution is 2.35. The Hall–Kier alpha value is -4.31. The van der Waals surface area contributed by atoms with Crippen molar-refractivity contribution in [3.05, 3.63) is 60.3 Å². The van der Waals surface area contributed by atoms with Gasteiger partial charge in [0, 0.05) is 35.8 Å². The van der Waals surface area contributed by atoms with Gasteiger partial charge in [-0.3, -0.25) is 5.10 Å². The lowest BCUT2D eigenvalue weighted by Crippen LogP contribution is -2.18. The number of nitrogens with one attached hydrogen (secondary N) is 2. The Kier molecular flexibility index (Phi) is 4.12. The first-order valence-electron chi connectivity index (χ1n) is 10.7. The number of nitrogens with zero attached hydrogens (tertiary/aromatic N) is 4. The number of hydrogen-bond acceptors (Lipinski definition) is 5. The first kappa shape index (κ1) is 18.5. The zero-order valence-electron chi connectivity index (χ0n) is 17.4. The standard InChI is InChI=1S/C25H21N7/c26-14-17-11-16(4-6-23(17)32-9-1-2-10-32)22-13-19-18(7-8-28-25(19)29-22)15-3-5-21-20(12-15)24(27)31-30-21/h3-8,11-13H,1-2,9-10H2,(H,28,29)(H3,27,30,31). The molecular formula is C25H21N7. The summed E-state index contributed by atoms with van der Waals surface area (Å²) in [7, 11) is 0. The van der Waals surface area contributed by atoms with Gasteiger partial charge in [0.1, 0.15) is 11.7 Å². The van der Waals surface area contributed by atoms with Gasteiger partial charge >= 0.3 is 0 Å². The number of aromatic amines is 2. The van der Waals surface area contributed by atoms with Crippen molar-refractivity contribution in [3.63, 3.8) is 0 Å². The van der Waals surface area contributed by atoms with Crippen LogP contribution < -0.4 is 10.6 Å². The molecule has 7 nitrogen and oxygen atoms in total. The second-order valence-electron chi connectivity index (χ2n) is 8.21. The van der Waals surface area contributed by atoms with Crippen molar-refractivity contribution in [2.45, 2.75) is 12.8 Å². The predicted molar refractivity (Wildman–Crippen MR) is 127 cm³/mol. The fraction of sp³-hybridized carbons (Fsp3) is 0.160. The number of aromatic nitrogens is 4. The summed E-state index contributed by atoms with van der Waals surface area (Å²) < 4.78 is 0. The predicted octanol–water partition coefficient (Wildman–Crippen LogP) is 4.83. The van der Waals surface area contributed by atoms with Gasteiger partial charge in [-0.2, -0.15) is 10.4 Å². The lowest BCUT2D eigenvalue weighted by molar-refractivity contribution is 0.949. The zero-order valence-corrected chi connectivity index (χ0v) is 17.4. The molecule has 4 N–H and O–H groups in total. The van der Waals surface area contributed by atoms with E-state index in [0.717, 1.165) is 63.1 Å². The Morgan fingerprint density at radius 3 is 2.66 bits per heavy atom. The number of anilines is 2. The van der Waals surface area contributed by atoms with Crippen LogP contribution in [0.2, 0.25) is 0 Å². The molecule has 6 rings (SSSR count). The number of pyridine rings is 1. The number of benzene rings is 2. The van der Waals surface area contributed by atoms with E-state index in [1.165, 1.54) is 12.8 Å². The van der Waals surface area contributed by atoms with Crippen LogP contribution in [0.1, 0.15) is 18.4 Å². The number of hydrogen-bond donors (Lipinski definition) is 3. The highest BCUT2D eigenvalue weighted by molar-refractivity contribution is 5.99. The van der Waals surface area contributed by atoms with E-state index in [9.17, 15) is 5.26 Å². The third-order valence-electron chi connectivity index (χ3n) is 6.31. The summed E-state index contributed by atoms with van der Waals surface area (Å²) in [5.41, 5.74) is 13.5. The molecule has 7 heteroatoms. The van der Waals surface area contributed by atoms with Gasteiger partial charge in [0.2, 0.25) is 0 Å². The van der Waals surface area contributed by atoms with E-state index < -0.39 is 0 Å². The third kappa shape index (κ3) is 2.88. The van der Waals surface area contributed by atoms with Gasteiger partial charge < -0.3 is 15.6 Å². The van der Waals surface area contributed by atoms with Crippen LogP contribution in [-0.2, 0) is 0 Å². The van der Waals surface area contributed by atoms with E-state index in [4.69, 9.17) is 5.73 Å². The van der Waals surface area contributed by atoms with E-state index in [0.29, 0.717) is 11.4 Å². The fourth-order valence-electron chi connectivity index (χ4n) is 4.66. The molecule has 4 heterocycles. The number of H-pyrrole nitrogens is 2. The van der Waals surface area contributed by atoms with Gasteiger partial charge in [0.05, 0.1) is 16.8 Å².